The van der Waals surface area contributed by atoms with E-state index in [2.05, 4.69) is 29.6 Å². The summed E-state index contributed by atoms with van der Waals surface area (Å²) in [7, 11) is 0. The summed E-state index contributed by atoms with van der Waals surface area (Å²) < 4.78 is 0. The van der Waals surface area contributed by atoms with E-state index in [0.29, 0.717) is 17.7 Å². The molecule has 0 aliphatic carbocycles. The van der Waals surface area contributed by atoms with E-state index in [1.807, 2.05) is 0 Å². The molecule has 1 aliphatic rings. The summed E-state index contributed by atoms with van der Waals surface area (Å²) in [5.74, 6) is -0.227. The summed E-state index contributed by atoms with van der Waals surface area (Å²) in [6.45, 7) is 5.65. The minimum Gasteiger partial charge on any atom is -0.348 e. The standard InChI is InChI=1S/C21H25N3O3/c1-16-13-19(9-10-20(16)24(26)27)21(25)22-14-17-5-7-18(8-6-17)15-23-11-3-2-4-12-23/h5-10,13H,2-4,11-12,14-15H2,1H3,(H,22,25)/p+1. The van der Waals surface area contributed by atoms with Gasteiger partial charge in [-0.2, -0.15) is 0 Å². The number of aryl methyl sites for hydroxylation is 1. The van der Waals surface area contributed by atoms with Crippen LogP contribution in [0.4, 0.5) is 5.69 Å². The molecule has 6 heteroatoms. The third-order valence-electron chi connectivity index (χ3n) is 5.15. The monoisotopic (exact) mass is 368 g/mol. The van der Waals surface area contributed by atoms with Crippen LogP contribution in [0.3, 0.4) is 0 Å². The van der Waals surface area contributed by atoms with Crippen molar-refractivity contribution in [2.45, 2.75) is 39.3 Å². The molecule has 0 radical (unpaired) electrons. The summed E-state index contributed by atoms with van der Waals surface area (Å²) in [5, 5.41) is 13.7. The lowest BCUT2D eigenvalue weighted by molar-refractivity contribution is -0.918. The molecule has 0 saturated carbocycles. The number of quaternary nitrogens is 1. The van der Waals surface area contributed by atoms with E-state index in [-0.39, 0.29) is 11.6 Å². The van der Waals surface area contributed by atoms with Crippen LogP contribution >= 0.6 is 0 Å². The molecular formula is C21H26N3O3+. The molecular weight excluding hydrogens is 342 g/mol. The van der Waals surface area contributed by atoms with Crippen LogP contribution in [0.2, 0.25) is 0 Å². The average molecular weight is 368 g/mol. The number of piperidine rings is 1. The smallest absolute Gasteiger partial charge is 0.272 e. The van der Waals surface area contributed by atoms with Crippen molar-refractivity contribution in [2.75, 3.05) is 13.1 Å². The predicted molar refractivity (Wildman–Crippen MR) is 104 cm³/mol. The highest BCUT2D eigenvalue weighted by molar-refractivity contribution is 5.94. The number of amides is 1. The molecule has 0 spiro atoms. The fourth-order valence-corrected chi connectivity index (χ4v) is 3.58. The number of carbonyl (C=O) groups excluding carboxylic acids is 1. The summed E-state index contributed by atoms with van der Waals surface area (Å²) in [6, 6.07) is 12.8. The van der Waals surface area contributed by atoms with Crippen LogP contribution in [0.5, 0.6) is 0 Å². The molecule has 1 fully saturated rings. The molecule has 0 atom stereocenters. The van der Waals surface area contributed by atoms with Crippen LogP contribution in [0.1, 0.15) is 46.3 Å². The zero-order valence-corrected chi connectivity index (χ0v) is 15.7. The Hall–Kier alpha value is -2.73. The van der Waals surface area contributed by atoms with Crippen molar-refractivity contribution in [1.29, 1.82) is 0 Å². The highest BCUT2D eigenvalue weighted by Gasteiger charge is 2.15. The Morgan fingerprint density at radius 1 is 1.07 bits per heavy atom. The van der Waals surface area contributed by atoms with Crippen LogP contribution < -0.4 is 10.2 Å². The number of nitro groups is 1. The Bertz CT molecular complexity index is 812. The fraction of sp³-hybridized carbons (Fsp3) is 0.381. The van der Waals surface area contributed by atoms with Crippen LogP contribution in [0.25, 0.3) is 0 Å². The van der Waals surface area contributed by atoms with Gasteiger partial charge in [0, 0.05) is 29.3 Å². The van der Waals surface area contributed by atoms with Gasteiger partial charge in [-0.1, -0.05) is 24.3 Å². The number of carbonyl (C=O) groups is 1. The molecule has 0 unspecified atom stereocenters. The molecule has 1 saturated heterocycles. The van der Waals surface area contributed by atoms with Gasteiger partial charge in [-0.05, 0) is 43.9 Å². The zero-order valence-electron chi connectivity index (χ0n) is 15.7. The number of benzene rings is 2. The number of hydrogen-bond acceptors (Lipinski definition) is 3. The molecule has 1 amide bonds. The second-order valence-corrected chi connectivity index (χ2v) is 7.24. The SMILES string of the molecule is Cc1cc(C(=O)NCc2ccc(C[NH+]3CCCCC3)cc2)ccc1[N+](=O)[O-]. The Kier molecular flexibility index (Phi) is 6.19. The third kappa shape index (κ3) is 5.14. The van der Waals surface area contributed by atoms with Crippen molar-refractivity contribution in [3.63, 3.8) is 0 Å². The van der Waals surface area contributed by atoms with E-state index >= 15 is 0 Å². The quantitative estimate of drug-likeness (QED) is 0.607. The Labute approximate surface area is 159 Å². The first-order valence-corrected chi connectivity index (χ1v) is 9.47. The highest BCUT2D eigenvalue weighted by Crippen LogP contribution is 2.18. The van der Waals surface area contributed by atoms with Gasteiger partial charge in [0.25, 0.3) is 11.6 Å². The van der Waals surface area contributed by atoms with Gasteiger partial charge in [-0.15, -0.1) is 0 Å². The molecule has 2 aromatic rings. The van der Waals surface area contributed by atoms with Gasteiger partial charge in [-0.25, -0.2) is 0 Å². The molecule has 0 bridgehead atoms. The molecule has 1 heterocycles. The van der Waals surface area contributed by atoms with Gasteiger partial charge in [0.05, 0.1) is 18.0 Å². The molecule has 1 aliphatic heterocycles. The van der Waals surface area contributed by atoms with Crippen LogP contribution in [-0.2, 0) is 13.1 Å². The maximum atomic E-state index is 12.3. The van der Waals surface area contributed by atoms with Crippen molar-refractivity contribution in [3.8, 4) is 0 Å². The first kappa shape index (κ1) is 19.0. The van der Waals surface area contributed by atoms with Crippen LogP contribution in [0, 0.1) is 17.0 Å². The zero-order chi connectivity index (χ0) is 19.2. The van der Waals surface area contributed by atoms with E-state index in [1.54, 1.807) is 17.9 Å². The van der Waals surface area contributed by atoms with Gasteiger partial charge < -0.3 is 10.2 Å². The first-order valence-electron chi connectivity index (χ1n) is 9.47. The fourth-order valence-electron chi connectivity index (χ4n) is 3.58. The first-order chi connectivity index (χ1) is 13.0. The maximum Gasteiger partial charge on any atom is 0.272 e. The van der Waals surface area contributed by atoms with Gasteiger partial charge in [0.1, 0.15) is 6.54 Å². The summed E-state index contributed by atoms with van der Waals surface area (Å²) in [6.07, 6.45) is 4.00. The second kappa shape index (κ2) is 8.77. The molecule has 2 aromatic carbocycles. The minimum atomic E-state index is -0.440. The number of likely N-dealkylation sites (tertiary alicyclic amines) is 1. The van der Waals surface area contributed by atoms with Crippen molar-refractivity contribution < 1.29 is 14.6 Å². The molecule has 3 rings (SSSR count). The Balaban J connectivity index is 1.54. The van der Waals surface area contributed by atoms with Crippen molar-refractivity contribution in [3.05, 3.63) is 74.8 Å². The van der Waals surface area contributed by atoms with Crippen molar-refractivity contribution >= 4 is 11.6 Å². The van der Waals surface area contributed by atoms with Crippen LogP contribution in [-0.4, -0.2) is 23.9 Å². The summed E-state index contributed by atoms with van der Waals surface area (Å²) in [4.78, 5) is 24.4. The van der Waals surface area contributed by atoms with Gasteiger partial charge in [-0.3, -0.25) is 14.9 Å². The van der Waals surface area contributed by atoms with E-state index in [4.69, 9.17) is 0 Å². The van der Waals surface area contributed by atoms with Gasteiger partial charge in [0.15, 0.2) is 0 Å². The Morgan fingerprint density at radius 3 is 2.37 bits per heavy atom. The lowest BCUT2D eigenvalue weighted by Crippen LogP contribution is -3.11. The average Bonchev–Trinajstić information content (AvgIpc) is 2.67. The normalized spacial score (nSPS) is 14.7. The number of nitro benzene ring substituents is 1. The molecule has 142 valence electrons. The molecule has 0 aromatic heterocycles. The van der Waals surface area contributed by atoms with E-state index in [9.17, 15) is 14.9 Å². The van der Waals surface area contributed by atoms with Gasteiger partial charge >= 0.3 is 0 Å². The van der Waals surface area contributed by atoms with Crippen molar-refractivity contribution in [1.82, 2.24) is 5.32 Å². The highest BCUT2D eigenvalue weighted by atomic mass is 16.6. The number of hydrogen-bond donors (Lipinski definition) is 2. The molecule has 6 nitrogen and oxygen atoms in total. The van der Waals surface area contributed by atoms with Crippen LogP contribution in [0.15, 0.2) is 42.5 Å². The summed E-state index contributed by atoms with van der Waals surface area (Å²) in [5.41, 5.74) is 3.31. The topological polar surface area (TPSA) is 76.7 Å². The minimum absolute atomic E-state index is 0.0259. The van der Waals surface area contributed by atoms with E-state index in [1.165, 1.54) is 50.0 Å². The predicted octanol–water partition coefficient (Wildman–Crippen LogP) is 2.40. The molecule has 27 heavy (non-hydrogen) atoms. The lowest BCUT2D eigenvalue weighted by atomic mass is 10.1. The van der Waals surface area contributed by atoms with E-state index in [0.717, 1.165) is 12.1 Å². The lowest BCUT2D eigenvalue weighted by Gasteiger charge is -2.23. The largest absolute Gasteiger partial charge is 0.348 e. The van der Waals surface area contributed by atoms with Crippen molar-refractivity contribution in [2.24, 2.45) is 0 Å². The summed E-state index contributed by atoms with van der Waals surface area (Å²) >= 11 is 0. The van der Waals surface area contributed by atoms with Gasteiger partial charge in [0.2, 0.25) is 0 Å². The maximum absolute atomic E-state index is 12.3. The number of nitrogens with zero attached hydrogens (tertiary/aromatic N) is 1. The number of rotatable bonds is 6. The Morgan fingerprint density at radius 2 is 1.74 bits per heavy atom. The third-order valence-corrected chi connectivity index (χ3v) is 5.15. The second-order valence-electron chi connectivity index (χ2n) is 7.24. The van der Waals surface area contributed by atoms with E-state index < -0.39 is 4.92 Å². The molecule has 2 N–H and O–H groups in total. The number of nitrogens with one attached hydrogen (secondary N) is 2.